The second kappa shape index (κ2) is 8.83. The second-order valence-electron chi connectivity index (χ2n) is 7.22. The Bertz CT molecular complexity index is 1490. The van der Waals surface area contributed by atoms with Crippen LogP contribution in [0.25, 0.3) is 16.6 Å². The van der Waals surface area contributed by atoms with Crippen LogP contribution in [0.1, 0.15) is 17.3 Å². The van der Waals surface area contributed by atoms with Gasteiger partial charge in [0, 0.05) is 18.2 Å². The maximum absolute atomic E-state index is 12.9. The zero-order valence-corrected chi connectivity index (χ0v) is 17.8. The van der Waals surface area contributed by atoms with Gasteiger partial charge in [-0.2, -0.15) is 0 Å². The number of anilines is 2. The Morgan fingerprint density at radius 2 is 1.70 bits per heavy atom. The van der Waals surface area contributed by atoms with Gasteiger partial charge in [0.05, 0.1) is 29.4 Å². The molecule has 9 heteroatoms. The first-order valence-corrected chi connectivity index (χ1v) is 9.99. The number of aromatic amines is 1. The number of para-hydroxylation sites is 1. The second-order valence-corrected chi connectivity index (χ2v) is 7.22. The summed E-state index contributed by atoms with van der Waals surface area (Å²) in [5.41, 5.74) is 0.686. The Labute approximate surface area is 187 Å². The standard InChI is InChI=1S/C24H20N4O5/c1-14(29)25-20-13-16(9-11-21(20)33-2)26-22(30)15-8-10-18-19(12-15)27-24(32)28(23(18)31)17-6-4-3-5-7-17/h3-13H,1-2H3,(H,25,29)(H,26,30)(H,27,32). The first-order chi connectivity index (χ1) is 15.9. The largest absolute Gasteiger partial charge is 0.495 e. The lowest BCUT2D eigenvalue weighted by atomic mass is 10.1. The zero-order valence-electron chi connectivity index (χ0n) is 17.8. The Balaban J connectivity index is 1.67. The van der Waals surface area contributed by atoms with E-state index in [2.05, 4.69) is 15.6 Å². The smallest absolute Gasteiger partial charge is 0.333 e. The molecule has 1 heterocycles. The molecule has 0 unspecified atom stereocenters. The van der Waals surface area contributed by atoms with Crippen molar-refractivity contribution in [3.8, 4) is 11.4 Å². The normalized spacial score (nSPS) is 10.6. The average molecular weight is 444 g/mol. The topological polar surface area (TPSA) is 122 Å². The number of methoxy groups -OCH3 is 1. The van der Waals surface area contributed by atoms with Gasteiger partial charge < -0.3 is 20.4 Å². The zero-order chi connectivity index (χ0) is 23.5. The molecule has 4 aromatic rings. The molecule has 0 atom stereocenters. The van der Waals surface area contributed by atoms with Crippen molar-refractivity contribution in [3.05, 3.63) is 93.1 Å². The van der Waals surface area contributed by atoms with Crippen molar-refractivity contribution in [1.29, 1.82) is 0 Å². The van der Waals surface area contributed by atoms with Crippen molar-refractivity contribution in [3.63, 3.8) is 0 Å². The number of nitrogens with one attached hydrogen (secondary N) is 3. The molecule has 1 aromatic heterocycles. The number of rotatable bonds is 5. The Kier molecular flexibility index (Phi) is 5.77. The summed E-state index contributed by atoms with van der Waals surface area (Å²) >= 11 is 0. The van der Waals surface area contributed by atoms with Crippen LogP contribution >= 0.6 is 0 Å². The Morgan fingerprint density at radius 1 is 0.939 bits per heavy atom. The fourth-order valence-corrected chi connectivity index (χ4v) is 3.45. The molecule has 0 saturated heterocycles. The predicted octanol–water partition coefficient (Wildman–Crippen LogP) is 2.90. The van der Waals surface area contributed by atoms with Crippen LogP contribution in [-0.2, 0) is 4.79 Å². The SMILES string of the molecule is COc1ccc(NC(=O)c2ccc3c(=O)n(-c4ccccc4)c(=O)[nH]c3c2)cc1NC(C)=O. The van der Waals surface area contributed by atoms with Crippen molar-refractivity contribution >= 4 is 34.1 Å². The van der Waals surface area contributed by atoms with Crippen molar-refractivity contribution in [2.45, 2.75) is 6.92 Å². The highest BCUT2D eigenvalue weighted by Gasteiger charge is 2.14. The van der Waals surface area contributed by atoms with Crippen LogP contribution in [0.4, 0.5) is 11.4 Å². The number of carbonyl (C=O) groups excluding carboxylic acids is 2. The summed E-state index contributed by atoms with van der Waals surface area (Å²) in [6, 6.07) is 17.8. The van der Waals surface area contributed by atoms with Crippen LogP contribution < -0.4 is 26.6 Å². The minimum Gasteiger partial charge on any atom is -0.495 e. The molecule has 0 aliphatic carbocycles. The van der Waals surface area contributed by atoms with Gasteiger partial charge in [-0.15, -0.1) is 0 Å². The lowest BCUT2D eigenvalue weighted by molar-refractivity contribution is -0.114. The number of H-pyrrole nitrogens is 1. The highest BCUT2D eigenvalue weighted by molar-refractivity contribution is 6.06. The fraction of sp³-hybridized carbons (Fsp3) is 0.0833. The number of hydrogen-bond donors (Lipinski definition) is 3. The molecule has 0 aliphatic heterocycles. The van der Waals surface area contributed by atoms with E-state index in [0.717, 1.165) is 4.57 Å². The third kappa shape index (κ3) is 4.38. The lowest BCUT2D eigenvalue weighted by Gasteiger charge is -2.12. The van der Waals surface area contributed by atoms with Gasteiger partial charge in [0.2, 0.25) is 5.91 Å². The molecule has 0 radical (unpaired) electrons. The lowest BCUT2D eigenvalue weighted by Crippen LogP contribution is -2.33. The molecule has 0 fully saturated rings. The van der Waals surface area contributed by atoms with Gasteiger partial charge >= 0.3 is 5.69 Å². The summed E-state index contributed by atoms with van der Waals surface area (Å²) in [7, 11) is 1.47. The molecule has 166 valence electrons. The number of aromatic nitrogens is 2. The first kappa shape index (κ1) is 21.6. The fourth-order valence-electron chi connectivity index (χ4n) is 3.45. The van der Waals surface area contributed by atoms with Gasteiger partial charge in [-0.25, -0.2) is 9.36 Å². The van der Waals surface area contributed by atoms with Crippen molar-refractivity contribution in [1.82, 2.24) is 9.55 Å². The summed E-state index contributed by atoms with van der Waals surface area (Å²) in [5, 5.41) is 5.65. The minimum atomic E-state index is -0.605. The maximum atomic E-state index is 12.9. The van der Waals surface area contributed by atoms with E-state index < -0.39 is 17.2 Å². The number of benzene rings is 3. The highest BCUT2D eigenvalue weighted by atomic mass is 16.5. The van der Waals surface area contributed by atoms with Crippen LogP contribution in [0.15, 0.2) is 76.3 Å². The third-order valence-electron chi connectivity index (χ3n) is 4.94. The number of nitrogens with zero attached hydrogens (tertiary/aromatic N) is 1. The molecule has 2 amide bonds. The van der Waals surface area contributed by atoms with Crippen molar-refractivity contribution < 1.29 is 14.3 Å². The van der Waals surface area contributed by atoms with Gasteiger partial charge in [-0.05, 0) is 48.5 Å². The van der Waals surface area contributed by atoms with E-state index in [4.69, 9.17) is 4.74 Å². The van der Waals surface area contributed by atoms with E-state index >= 15 is 0 Å². The quantitative estimate of drug-likeness (QED) is 0.437. The monoisotopic (exact) mass is 444 g/mol. The highest BCUT2D eigenvalue weighted by Crippen LogP contribution is 2.28. The molecule has 0 saturated carbocycles. The van der Waals surface area contributed by atoms with Crippen LogP contribution in [0, 0.1) is 0 Å². The molecule has 0 aliphatic rings. The van der Waals surface area contributed by atoms with Gasteiger partial charge in [0.15, 0.2) is 0 Å². The molecule has 9 nitrogen and oxygen atoms in total. The molecular formula is C24H20N4O5. The predicted molar refractivity (Wildman–Crippen MR) is 125 cm³/mol. The molecule has 33 heavy (non-hydrogen) atoms. The van der Waals surface area contributed by atoms with E-state index in [9.17, 15) is 19.2 Å². The van der Waals surface area contributed by atoms with E-state index in [1.54, 1.807) is 48.5 Å². The van der Waals surface area contributed by atoms with E-state index in [1.807, 2.05) is 0 Å². The average Bonchev–Trinajstić information content (AvgIpc) is 2.79. The number of fused-ring (bicyclic) bond motifs is 1. The van der Waals surface area contributed by atoms with E-state index in [0.29, 0.717) is 22.8 Å². The Morgan fingerprint density at radius 3 is 2.39 bits per heavy atom. The van der Waals surface area contributed by atoms with E-state index in [1.165, 1.54) is 32.2 Å². The first-order valence-electron chi connectivity index (χ1n) is 9.99. The van der Waals surface area contributed by atoms with Crippen molar-refractivity contribution in [2.24, 2.45) is 0 Å². The molecule has 0 bridgehead atoms. The van der Waals surface area contributed by atoms with Gasteiger partial charge in [0.25, 0.3) is 11.5 Å². The summed E-state index contributed by atoms with van der Waals surface area (Å²) < 4.78 is 6.25. The number of carbonyl (C=O) groups is 2. The van der Waals surface area contributed by atoms with Crippen LogP contribution in [-0.4, -0.2) is 28.5 Å². The van der Waals surface area contributed by atoms with Crippen molar-refractivity contribution in [2.75, 3.05) is 17.7 Å². The molecule has 3 N–H and O–H groups in total. The molecular weight excluding hydrogens is 424 g/mol. The number of ether oxygens (including phenoxy) is 1. The molecule has 3 aromatic carbocycles. The van der Waals surface area contributed by atoms with Gasteiger partial charge in [-0.1, -0.05) is 18.2 Å². The van der Waals surface area contributed by atoms with Gasteiger partial charge in [0.1, 0.15) is 5.75 Å². The molecule has 4 rings (SSSR count). The van der Waals surface area contributed by atoms with Crippen LogP contribution in [0.2, 0.25) is 0 Å². The number of hydrogen-bond acceptors (Lipinski definition) is 5. The minimum absolute atomic E-state index is 0.243. The molecule has 0 spiro atoms. The van der Waals surface area contributed by atoms with Crippen LogP contribution in [0.3, 0.4) is 0 Å². The summed E-state index contributed by atoms with van der Waals surface area (Å²) in [6.45, 7) is 1.37. The third-order valence-corrected chi connectivity index (χ3v) is 4.94. The summed E-state index contributed by atoms with van der Waals surface area (Å²) in [6.07, 6.45) is 0. The summed E-state index contributed by atoms with van der Waals surface area (Å²) in [4.78, 5) is 52.4. The summed E-state index contributed by atoms with van der Waals surface area (Å²) in [5.74, 6) is -0.290. The van der Waals surface area contributed by atoms with E-state index in [-0.39, 0.29) is 22.4 Å². The maximum Gasteiger partial charge on any atom is 0.333 e. The number of amides is 2. The Hall–Kier alpha value is -4.66. The van der Waals surface area contributed by atoms with Gasteiger partial charge in [-0.3, -0.25) is 14.4 Å². The van der Waals surface area contributed by atoms with Crippen LogP contribution in [0.5, 0.6) is 5.75 Å².